The van der Waals surface area contributed by atoms with E-state index in [1.807, 2.05) is 12.3 Å². The van der Waals surface area contributed by atoms with E-state index in [2.05, 4.69) is 10.3 Å². The topological polar surface area (TPSA) is 62.3 Å². The fraction of sp³-hybridized carbons (Fsp3) is 0.312. The number of hydrogen-bond acceptors (Lipinski definition) is 5. The van der Waals surface area contributed by atoms with E-state index in [9.17, 15) is 9.59 Å². The molecule has 1 aromatic carbocycles. The maximum atomic E-state index is 12.9. The normalized spacial score (nSPS) is 17.1. The van der Waals surface area contributed by atoms with E-state index in [0.29, 0.717) is 28.7 Å². The molecule has 0 saturated carbocycles. The van der Waals surface area contributed by atoms with Gasteiger partial charge in [-0.25, -0.2) is 4.98 Å². The Morgan fingerprint density at radius 2 is 2.29 bits per heavy atom. The monoisotopic (exact) mass is 381 g/mol. The van der Waals surface area contributed by atoms with Gasteiger partial charge in [-0.2, -0.15) is 0 Å². The molecule has 126 valence electrons. The Morgan fingerprint density at radius 3 is 3.00 bits per heavy atom. The van der Waals surface area contributed by atoms with E-state index in [0.717, 1.165) is 11.3 Å². The molecule has 1 unspecified atom stereocenters. The Morgan fingerprint density at radius 1 is 1.46 bits per heavy atom. The quantitative estimate of drug-likeness (QED) is 0.819. The van der Waals surface area contributed by atoms with Crippen LogP contribution in [-0.2, 0) is 4.79 Å². The number of amides is 2. The van der Waals surface area contributed by atoms with Crippen LogP contribution in [0.25, 0.3) is 0 Å². The minimum atomic E-state index is -0.490. The molecule has 1 saturated heterocycles. The summed E-state index contributed by atoms with van der Waals surface area (Å²) in [5.74, 6) is -0.402. The highest BCUT2D eigenvalue weighted by atomic mass is 35.5. The second-order valence-electron chi connectivity index (χ2n) is 5.33. The van der Waals surface area contributed by atoms with Gasteiger partial charge >= 0.3 is 0 Å². The SMILES string of the molecule is CSc1ccc(Cl)c(C(=O)N2CCCC2C(=O)Nc2nccs2)c1. The average molecular weight is 382 g/mol. The molecular weight excluding hydrogens is 366 g/mol. The average Bonchev–Trinajstić information content (AvgIpc) is 3.26. The number of carbonyl (C=O) groups is 2. The van der Waals surface area contributed by atoms with Gasteiger partial charge in [-0.15, -0.1) is 23.1 Å². The number of rotatable bonds is 4. The zero-order valence-electron chi connectivity index (χ0n) is 13.0. The number of benzene rings is 1. The first-order valence-corrected chi connectivity index (χ1v) is 9.93. The molecule has 24 heavy (non-hydrogen) atoms. The molecule has 1 aliphatic heterocycles. The van der Waals surface area contributed by atoms with Crippen molar-refractivity contribution in [3.8, 4) is 0 Å². The third-order valence-corrected chi connectivity index (χ3v) is 5.63. The molecule has 5 nitrogen and oxygen atoms in total. The number of likely N-dealkylation sites (tertiary alicyclic amines) is 1. The van der Waals surface area contributed by atoms with Crippen LogP contribution in [0.5, 0.6) is 0 Å². The molecule has 2 aromatic rings. The highest BCUT2D eigenvalue weighted by molar-refractivity contribution is 7.98. The largest absolute Gasteiger partial charge is 0.327 e. The van der Waals surface area contributed by atoms with Gasteiger partial charge in [-0.3, -0.25) is 9.59 Å². The summed E-state index contributed by atoms with van der Waals surface area (Å²) in [6.07, 6.45) is 5.01. The predicted molar refractivity (Wildman–Crippen MR) is 98.0 cm³/mol. The van der Waals surface area contributed by atoms with Crippen molar-refractivity contribution in [2.75, 3.05) is 18.1 Å². The highest BCUT2D eigenvalue weighted by Gasteiger charge is 2.35. The second-order valence-corrected chi connectivity index (χ2v) is 7.51. The van der Waals surface area contributed by atoms with E-state index in [1.54, 1.807) is 40.4 Å². The lowest BCUT2D eigenvalue weighted by Crippen LogP contribution is -2.43. The number of hydrogen-bond donors (Lipinski definition) is 1. The van der Waals surface area contributed by atoms with E-state index in [1.165, 1.54) is 11.3 Å². The van der Waals surface area contributed by atoms with Crippen LogP contribution in [0.2, 0.25) is 5.02 Å². The van der Waals surface area contributed by atoms with Crippen LogP contribution in [0.4, 0.5) is 5.13 Å². The van der Waals surface area contributed by atoms with Gasteiger partial charge in [0.25, 0.3) is 5.91 Å². The Kier molecular flexibility index (Phi) is 5.43. The summed E-state index contributed by atoms with van der Waals surface area (Å²) in [6.45, 7) is 0.550. The van der Waals surface area contributed by atoms with Crippen LogP contribution in [0.15, 0.2) is 34.7 Å². The van der Waals surface area contributed by atoms with Crippen molar-refractivity contribution in [3.05, 3.63) is 40.4 Å². The third-order valence-electron chi connectivity index (χ3n) is 3.88. The molecule has 1 N–H and O–H groups in total. The minimum Gasteiger partial charge on any atom is -0.327 e. The van der Waals surface area contributed by atoms with Gasteiger partial charge < -0.3 is 10.2 Å². The molecule has 0 aliphatic carbocycles. The minimum absolute atomic E-state index is 0.201. The lowest BCUT2D eigenvalue weighted by atomic mass is 10.1. The predicted octanol–water partition coefficient (Wildman–Crippen LogP) is 3.76. The molecule has 8 heteroatoms. The van der Waals surface area contributed by atoms with E-state index >= 15 is 0 Å². The summed E-state index contributed by atoms with van der Waals surface area (Å²) in [5.41, 5.74) is 0.442. The maximum absolute atomic E-state index is 12.9. The van der Waals surface area contributed by atoms with Crippen molar-refractivity contribution >= 4 is 51.6 Å². The lowest BCUT2D eigenvalue weighted by molar-refractivity contribution is -0.119. The second kappa shape index (κ2) is 7.55. The Balaban J connectivity index is 1.79. The number of aromatic nitrogens is 1. The summed E-state index contributed by atoms with van der Waals surface area (Å²) in [6, 6.07) is 4.89. The smallest absolute Gasteiger partial charge is 0.256 e. The summed E-state index contributed by atoms with van der Waals surface area (Å²) in [5, 5.41) is 5.52. The Labute approximate surface area is 153 Å². The van der Waals surface area contributed by atoms with E-state index < -0.39 is 6.04 Å². The van der Waals surface area contributed by atoms with Crippen molar-refractivity contribution in [3.63, 3.8) is 0 Å². The maximum Gasteiger partial charge on any atom is 0.256 e. The number of nitrogens with zero attached hydrogens (tertiary/aromatic N) is 2. The molecule has 1 aromatic heterocycles. The molecule has 0 spiro atoms. The van der Waals surface area contributed by atoms with Crippen LogP contribution >= 0.6 is 34.7 Å². The number of nitrogens with one attached hydrogen (secondary N) is 1. The van der Waals surface area contributed by atoms with Crippen molar-refractivity contribution in [1.82, 2.24) is 9.88 Å². The Hall–Kier alpha value is -1.57. The summed E-state index contributed by atoms with van der Waals surface area (Å²) < 4.78 is 0. The molecule has 1 aliphatic rings. The van der Waals surface area contributed by atoms with Crippen LogP contribution in [0.1, 0.15) is 23.2 Å². The standard InChI is InChI=1S/C16H16ClN3O2S2/c1-23-10-4-5-12(17)11(9-10)15(22)20-7-2-3-13(20)14(21)19-16-18-6-8-24-16/h4-6,8-9,13H,2-3,7H2,1H3,(H,18,19,21). The van der Waals surface area contributed by atoms with Gasteiger partial charge in [0.1, 0.15) is 6.04 Å². The van der Waals surface area contributed by atoms with Gasteiger partial charge in [-0.1, -0.05) is 11.6 Å². The summed E-state index contributed by atoms with van der Waals surface area (Å²) in [7, 11) is 0. The van der Waals surface area contributed by atoms with Gasteiger partial charge in [0.2, 0.25) is 5.91 Å². The molecule has 3 rings (SSSR count). The Bertz CT molecular complexity index is 752. The van der Waals surface area contributed by atoms with Crippen molar-refractivity contribution in [1.29, 1.82) is 0 Å². The van der Waals surface area contributed by atoms with Crippen molar-refractivity contribution in [2.45, 2.75) is 23.8 Å². The lowest BCUT2D eigenvalue weighted by Gasteiger charge is -2.24. The zero-order valence-corrected chi connectivity index (χ0v) is 15.4. The van der Waals surface area contributed by atoms with Crippen LogP contribution in [-0.4, -0.2) is 40.5 Å². The van der Waals surface area contributed by atoms with Crippen LogP contribution in [0, 0.1) is 0 Å². The number of thiazole rings is 1. The van der Waals surface area contributed by atoms with E-state index in [4.69, 9.17) is 11.6 Å². The highest BCUT2D eigenvalue weighted by Crippen LogP contribution is 2.28. The molecule has 2 heterocycles. The van der Waals surface area contributed by atoms with Gasteiger partial charge in [0, 0.05) is 23.0 Å². The van der Waals surface area contributed by atoms with Gasteiger partial charge in [0.05, 0.1) is 10.6 Å². The number of halogens is 1. The summed E-state index contributed by atoms with van der Waals surface area (Å²) in [4.78, 5) is 32.0. The zero-order chi connectivity index (χ0) is 17.1. The molecule has 0 radical (unpaired) electrons. The molecule has 0 bridgehead atoms. The van der Waals surface area contributed by atoms with Gasteiger partial charge in [0.15, 0.2) is 5.13 Å². The van der Waals surface area contributed by atoms with Crippen LogP contribution in [0.3, 0.4) is 0 Å². The summed E-state index contributed by atoms with van der Waals surface area (Å²) >= 11 is 9.10. The molecule has 1 fully saturated rings. The fourth-order valence-corrected chi connectivity index (χ4v) is 3.88. The number of thioether (sulfide) groups is 1. The van der Waals surface area contributed by atoms with E-state index in [-0.39, 0.29) is 11.8 Å². The third kappa shape index (κ3) is 3.58. The van der Waals surface area contributed by atoms with Gasteiger partial charge in [-0.05, 0) is 37.3 Å². The first-order valence-electron chi connectivity index (χ1n) is 7.45. The molecular formula is C16H16ClN3O2S2. The van der Waals surface area contributed by atoms with Crippen molar-refractivity contribution < 1.29 is 9.59 Å². The van der Waals surface area contributed by atoms with Crippen LogP contribution < -0.4 is 5.32 Å². The molecule has 1 atom stereocenters. The molecule has 2 amide bonds. The van der Waals surface area contributed by atoms with Crippen molar-refractivity contribution in [2.24, 2.45) is 0 Å². The first kappa shape index (κ1) is 17.3. The first-order chi connectivity index (χ1) is 11.6. The number of anilines is 1. The number of carbonyl (C=O) groups excluding carboxylic acids is 2. The fourth-order valence-electron chi connectivity index (χ4n) is 2.71.